The molecule has 1 aliphatic rings. The van der Waals surface area contributed by atoms with Crippen LogP contribution in [0.15, 0.2) is 78.4 Å². The second-order valence-corrected chi connectivity index (χ2v) is 9.06. The summed E-state index contributed by atoms with van der Waals surface area (Å²) < 4.78 is 6.10. The highest BCUT2D eigenvalue weighted by Gasteiger charge is 2.21. The number of likely N-dealkylation sites (tertiary alicyclic amines) is 1. The van der Waals surface area contributed by atoms with Gasteiger partial charge < -0.3 is 19.8 Å². The van der Waals surface area contributed by atoms with E-state index in [-0.39, 0.29) is 12.4 Å². The van der Waals surface area contributed by atoms with Crippen LogP contribution in [-0.4, -0.2) is 48.0 Å². The molecule has 0 amide bonds. The summed E-state index contributed by atoms with van der Waals surface area (Å²) in [6, 6.07) is 16.0. The van der Waals surface area contributed by atoms with E-state index in [0.717, 1.165) is 53.0 Å². The highest BCUT2D eigenvalue weighted by Crippen LogP contribution is 2.34. The van der Waals surface area contributed by atoms with Gasteiger partial charge in [0.1, 0.15) is 18.1 Å². The number of phenolic OH excluding ortho intramolecular Hbond substituents is 1. The quantitative estimate of drug-likeness (QED) is 0.362. The van der Waals surface area contributed by atoms with Gasteiger partial charge in [-0.25, -0.2) is 0 Å². The molecular formula is C30H39NO3. The number of likely N-dealkylation sites (N-methyl/N-ethyl adjacent to an activating group) is 1. The Labute approximate surface area is 204 Å². The van der Waals surface area contributed by atoms with Gasteiger partial charge in [-0.3, -0.25) is 0 Å². The number of hydrogen-bond acceptors (Lipinski definition) is 4. The SMILES string of the molecule is C=C(/C=C\CCC)/C(CCCO)=C(/c1ccc(O)cc1)c1ccc(OC[C@H]2CCCN2C)cc1. The average Bonchev–Trinajstić information content (AvgIpc) is 3.26. The van der Waals surface area contributed by atoms with Crippen LogP contribution < -0.4 is 4.74 Å². The zero-order valence-electron chi connectivity index (χ0n) is 20.7. The van der Waals surface area contributed by atoms with Crippen LogP contribution in [0.4, 0.5) is 0 Å². The Morgan fingerprint density at radius 3 is 2.38 bits per heavy atom. The lowest BCUT2D eigenvalue weighted by atomic mass is 9.87. The molecule has 0 aromatic heterocycles. The van der Waals surface area contributed by atoms with E-state index in [1.807, 2.05) is 24.3 Å². The Hall–Kier alpha value is -2.82. The predicted octanol–water partition coefficient (Wildman–Crippen LogP) is 6.35. The second-order valence-electron chi connectivity index (χ2n) is 9.06. The molecule has 182 valence electrons. The number of rotatable bonds is 12. The first-order valence-electron chi connectivity index (χ1n) is 12.5. The van der Waals surface area contributed by atoms with Crippen LogP contribution >= 0.6 is 0 Å². The zero-order chi connectivity index (χ0) is 24.3. The lowest BCUT2D eigenvalue weighted by molar-refractivity contribution is 0.198. The molecule has 0 spiro atoms. The number of benzene rings is 2. The number of allylic oxidation sites excluding steroid dienone is 4. The average molecular weight is 462 g/mol. The number of aliphatic hydroxyl groups is 1. The van der Waals surface area contributed by atoms with Gasteiger partial charge in [0.15, 0.2) is 0 Å². The molecule has 2 aromatic rings. The Bertz CT molecular complexity index is 973. The molecule has 0 bridgehead atoms. The maximum absolute atomic E-state index is 9.85. The van der Waals surface area contributed by atoms with Crippen LogP contribution in [0.2, 0.25) is 0 Å². The van der Waals surface area contributed by atoms with Gasteiger partial charge in [-0.15, -0.1) is 0 Å². The summed E-state index contributed by atoms with van der Waals surface area (Å²) in [6.45, 7) is 8.49. The molecule has 2 aromatic carbocycles. The van der Waals surface area contributed by atoms with E-state index in [1.54, 1.807) is 12.1 Å². The minimum Gasteiger partial charge on any atom is -0.508 e. The fourth-order valence-corrected chi connectivity index (χ4v) is 4.44. The van der Waals surface area contributed by atoms with Gasteiger partial charge >= 0.3 is 0 Å². The highest BCUT2D eigenvalue weighted by molar-refractivity contribution is 5.85. The van der Waals surface area contributed by atoms with E-state index in [9.17, 15) is 10.2 Å². The number of unbranched alkanes of at least 4 members (excludes halogenated alkanes) is 1. The lowest BCUT2D eigenvalue weighted by Gasteiger charge is -2.20. The van der Waals surface area contributed by atoms with E-state index in [1.165, 1.54) is 12.8 Å². The molecule has 0 saturated carbocycles. The van der Waals surface area contributed by atoms with Crippen molar-refractivity contribution in [1.29, 1.82) is 0 Å². The van der Waals surface area contributed by atoms with Crippen LogP contribution in [0, 0.1) is 0 Å². The predicted molar refractivity (Wildman–Crippen MR) is 141 cm³/mol. The molecule has 1 aliphatic heterocycles. The number of aliphatic hydroxyl groups excluding tert-OH is 1. The summed E-state index contributed by atoms with van der Waals surface area (Å²) >= 11 is 0. The molecule has 1 atom stereocenters. The molecule has 2 N–H and O–H groups in total. The third kappa shape index (κ3) is 7.09. The zero-order valence-corrected chi connectivity index (χ0v) is 20.7. The fourth-order valence-electron chi connectivity index (χ4n) is 4.44. The number of aromatic hydroxyl groups is 1. The molecule has 0 aliphatic carbocycles. The molecule has 4 heteroatoms. The molecule has 3 rings (SSSR count). The van der Waals surface area contributed by atoms with Gasteiger partial charge in [-0.2, -0.15) is 0 Å². The minimum atomic E-state index is 0.126. The third-order valence-electron chi connectivity index (χ3n) is 6.46. The Morgan fingerprint density at radius 1 is 1.12 bits per heavy atom. The molecule has 1 fully saturated rings. The van der Waals surface area contributed by atoms with Crippen LogP contribution in [0.3, 0.4) is 0 Å². The first-order valence-corrected chi connectivity index (χ1v) is 12.5. The van der Waals surface area contributed by atoms with Crippen molar-refractivity contribution in [3.63, 3.8) is 0 Å². The molecule has 34 heavy (non-hydrogen) atoms. The van der Waals surface area contributed by atoms with Crippen molar-refractivity contribution in [2.75, 3.05) is 26.8 Å². The largest absolute Gasteiger partial charge is 0.508 e. The van der Waals surface area contributed by atoms with Crippen LogP contribution in [0.1, 0.15) is 56.6 Å². The molecule has 0 unspecified atom stereocenters. The van der Waals surface area contributed by atoms with Gasteiger partial charge in [-0.1, -0.05) is 56.3 Å². The summed E-state index contributed by atoms with van der Waals surface area (Å²) in [7, 11) is 2.16. The van der Waals surface area contributed by atoms with Crippen LogP contribution in [0.25, 0.3) is 5.57 Å². The van der Waals surface area contributed by atoms with Crippen LogP contribution in [-0.2, 0) is 0 Å². The molecular weight excluding hydrogens is 422 g/mol. The van der Waals surface area contributed by atoms with E-state index in [0.29, 0.717) is 25.5 Å². The summed E-state index contributed by atoms with van der Waals surface area (Å²) in [5, 5.41) is 19.4. The van der Waals surface area contributed by atoms with Gasteiger partial charge in [-0.05, 0) is 97.8 Å². The van der Waals surface area contributed by atoms with Crippen LogP contribution in [0.5, 0.6) is 11.5 Å². The first kappa shape index (κ1) is 25.8. The number of nitrogens with zero attached hydrogens (tertiary/aromatic N) is 1. The lowest BCUT2D eigenvalue weighted by Crippen LogP contribution is -2.30. The van der Waals surface area contributed by atoms with E-state index in [4.69, 9.17) is 4.74 Å². The van der Waals surface area contributed by atoms with Crippen molar-refractivity contribution >= 4 is 5.57 Å². The summed E-state index contributed by atoms with van der Waals surface area (Å²) in [5.41, 5.74) is 5.20. The van der Waals surface area contributed by atoms with Crippen molar-refractivity contribution in [3.8, 4) is 11.5 Å². The number of phenols is 1. The third-order valence-corrected chi connectivity index (χ3v) is 6.46. The highest BCUT2D eigenvalue weighted by atomic mass is 16.5. The molecule has 1 saturated heterocycles. The molecule has 1 heterocycles. The first-order chi connectivity index (χ1) is 16.5. The normalized spacial score (nSPS) is 17.2. The summed E-state index contributed by atoms with van der Waals surface area (Å²) in [6.07, 6.45) is 10.1. The minimum absolute atomic E-state index is 0.126. The second kappa shape index (κ2) is 13.2. The Morgan fingerprint density at radius 2 is 1.79 bits per heavy atom. The monoisotopic (exact) mass is 461 g/mol. The van der Waals surface area contributed by atoms with E-state index >= 15 is 0 Å². The smallest absolute Gasteiger partial charge is 0.119 e. The van der Waals surface area contributed by atoms with E-state index < -0.39 is 0 Å². The molecule has 4 nitrogen and oxygen atoms in total. The molecule has 0 radical (unpaired) electrons. The van der Waals surface area contributed by atoms with Crippen molar-refractivity contribution in [2.45, 2.75) is 51.5 Å². The number of ether oxygens (including phenoxy) is 1. The van der Waals surface area contributed by atoms with Crippen molar-refractivity contribution in [3.05, 3.63) is 89.5 Å². The van der Waals surface area contributed by atoms with Crippen molar-refractivity contribution in [2.24, 2.45) is 0 Å². The standard InChI is InChI=1S/C30H39NO3/c1-4-5-6-9-23(2)29(11-8-21-32)30(24-12-16-27(33)17-13-24)25-14-18-28(19-15-25)34-22-26-10-7-20-31(26)3/h6,9,12-19,26,32-33H,2,4-5,7-8,10-11,20-22H2,1,3H3/b9-6-,30-29-/t26-/m1/s1. The maximum atomic E-state index is 9.85. The van der Waals surface area contributed by atoms with Gasteiger partial charge in [0.05, 0.1) is 0 Å². The summed E-state index contributed by atoms with van der Waals surface area (Å²) in [5.74, 6) is 1.11. The van der Waals surface area contributed by atoms with Gasteiger partial charge in [0.25, 0.3) is 0 Å². The van der Waals surface area contributed by atoms with Crippen molar-refractivity contribution < 1.29 is 14.9 Å². The topological polar surface area (TPSA) is 52.9 Å². The Kier molecular flexibility index (Phi) is 9.99. The van der Waals surface area contributed by atoms with Gasteiger partial charge in [0, 0.05) is 12.6 Å². The van der Waals surface area contributed by atoms with E-state index in [2.05, 4.69) is 49.7 Å². The Balaban J connectivity index is 1.95. The van der Waals surface area contributed by atoms with Crippen molar-refractivity contribution in [1.82, 2.24) is 4.90 Å². The summed E-state index contributed by atoms with van der Waals surface area (Å²) in [4.78, 5) is 2.37. The maximum Gasteiger partial charge on any atom is 0.119 e. The number of hydrogen-bond donors (Lipinski definition) is 2. The fraction of sp³-hybridized carbons (Fsp3) is 0.400. The van der Waals surface area contributed by atoms with Gasteiger partial charge in [0.2, 0.25) is 0 Å².